The number of carboxylic acid groups (broad SMARTS) is 1. The van der Waals surface area contributed by atoms with Gasteiger partial charge in [-0.25, -0.2) is 19.7 Å². The molecule has 15 nitrogen and oxygen atoms in total. The first-order chi connectivity index (χ1) is 18.2. The molecule has 3 aromatic heterocycles. The fraction of sp³-hybridized carbons (Fsp3) is 0.158. The SMILES string of the molecule is Nc1nc(C(=NO)C(=O)N[C@@H]2C(=O)N3C(C(=O)O)=C(/C=C/Sc4nc(N)c5cn[nH]c5n4)CS[C@H]23)c(Cl)s1. The number of thiazole rings is 1. The van der Waals surface area contributed by atoms with Crippen LogP contribution < -0.4 is 16.8 Å². The third-order valence-corrected chi connectivity index (χ3v) is 8.44. The van der Waals surface area contributed by atoms with E-state index in [1.165, 1.54) is 18.0 Å². The Labute approximate surface area is 229 Å². The van der Waals surface area contributed by atoms with Crippen LogP contribution >= 0.6 is 46.5 Å². The predicted molar refractivity (Wildman–Crippen MR) is 141 cm³/mol. The van der Waals surface area contributed by atoms with Gasteiger partial charge < -0.3 is 27.1 Å². The number of allylic oxidation sites excluding steroid dienone is 1. The number of β-lactam (4-membered cyclic amide) rings is 1. The molecule has 0 aliphatic carbocycles. The van der Waals surface area contributed by atoms with Gasteiger partial charge in [0.25, 0.3) is 11.8 Å². The van der Waals surface area contributed by atoms with Gasteiger partial charge in [-0.05, 0) is 17.1 Å². The average Bonchev–Trinajstić information content (AvgIpc) is 3.48. The molecule has 1 saturated heterocycles. The fourth-order valence-electron chi connectivity index (χ4n) is 3.71. The van der Waals surface area contributed by atoms with Gasteiger partial charge in [-0.3, -0.25) is 19.6 Å². The number of hydrogen-bond donors (Lipinski definition) is 6. The molecule has 0 radical (unpaired) electrons. The first kappa shape index (κ1) is 25.8. The number of aliphatic carboxylic acids is 1. The molecule has 5 rings (SSSR count). The summed E-state index contributed by atoms with van der Waals surface area (Å²) in [6.07, 6.45) is 3.06. The number of rotatable bonds is 7. The molecular formula is C19H15ClN10O5S3. The van der Waals surface area contributed by atoms with Gasteiger partial charge >= 0.3 is 5.97 Å². The molecule has 8 N–H and O–H groups in total. The highest BCUT2D eigenvalue weighted by Gasteiger charge is 2.54. The topological polar surface area (TPSA) is 239 Å². The number of nitrogen functional groups attached to an aromatic ring is 2. The van der Waals surface area contributed by atoms with E-state index in [1.807, 2.05) is 0 Å². The minimum atomic E-state index is -1.31. The zero-order chi connectivity index (χ0) is 27.1. The van der Waals surface area contributed by atoms with E-state index in [2.05, 4.69) is 35.6 Å². The van der Waals surface area contributed by atoms with E-state index in [4.69, 9.17) is 23.1 Å². The Morgan fingerprint density at radius 1 is 1.34 bits per heavy atom. The van der Waals surface area contributed by atoms with Crippen LogP contribution in [0.2, 0.25) is 4.34 Å². The Morgan fingerprint density at radius 2 is 2.13 bits per heavy atom. The third kappa shape index (κ3) is 4.51. The average molecular weight is 595 g/mol. The quantitative estimate of drug-likeness (QED) is 0.0556. The standard InChI is InChI=1S/C19H15ClN10O5S3/c20-11-7(25-18(22)38-11)8(29-35)14(31)24-9-15(32)30-10(17(33)34)5(4-37-16(9)30)1-2-36-19-26-12(21)6-3-23-28-13(6)27-19/h1-3,9,16,35H,4H2,(H2,22,25)(H,24,31)(H,33,34)(H3,21,23,26,27,28)/b2-1+,29-8?/t9-,16-/m1/s1. The summed E-state index contributed by atoms with van der Waals surface area (Å²) in [6.45, 7) is 0. The van der Waals surface area contributed by atoms with Crippen LogP contribution in [0.3, 0.4) is 0 Å². The molecular weight excluding hydrogens is 580 g/mol. The molecule has 0 unspecified atom stereocenters. The van der Waals surface area contributed by atoms with Gasteiger partial charge in [0.05, 0.1) is 11.6 Å². The molecule has 5 heterocycles. The summed E-state index contributed by atoms with van der Waals surface area (Å²) in [5.41, 5.74) is 11.4. The lowest BCUT2D eigenvalue weighted by Crippen LogP contribution is -2.71. The van der Waals surface area contributed by atoms with Crippen molar-refractivity contribution in [3.05, 3.63) is 39.0 Å². The van der Waals surface area contributed by atoms with Gasteiger partial charge in [0.1, 0.15) is 33.0 Å². The van der Waals surface area contributed by atoms with Crippen LogP contribution in [-0.4, -0.2) is 81.0 Å². The van der Waals surface area contributed by atoms with Gasteiger partial charge in [0.2, 0.25) is 0 Å². The highest BCUT2D eigenvalue weighted by atomic mass is 35.5. The van der Waals surface area contributed by atoms with E-state index in [0.717, 1.165) is 28.0 Å². The van der Waals surface area contributed by atoms with Crippen molar-refractivity contribution in [3.8, 4) is 0 Å². The number of anilines is 2. The van der Waals surface area contributed by atoms with E-state index in [1.54, 1.807) is 11.5 Å². The summed E-state index contributed by atoms with van der Waals surface area (Å²) < 4.78 is 0.0296. The molecule has 2 aliphatic rings. The van der Waals surface area contributed by atoms with Gasteiger partial charge in [-0.1, -0.05) is 39.9 Å². The zero-order valence-electron chi connectivity index (χ0n) is 18.7. The van der Waals surface area contributed by atoms with Crippen LogP contribution in [0.4, 0.5) is 10.9 Å². The number of aromatic amines is 1. The molecule has 0 spiro atoms. The minimum absolute atomic E-state index is 0.0296. The number of amides is 2. The highest BCUT2D eigenvalue weighted by Crippen LogP contribution is 2.41. The highest BCUT2D eigenvalue weighted by molar-refractivity contribution is 8.02. The van der Waals surface area contributed by atoms with Crippen molar-refractivity contribution < 1.29 is 24.7 Å². The number of hydrogen-bond acceptors (Lipinski definition) is 14. The van der Waals surface area contributed by atoms with E-state index in [9.17, 15) is 24.7 Å². The number of oxime groups is 1. The van der Waals surface area contributed by atoms with Crippen LogP contribution in [0.25, 0.3) is 11.0 Å². The summed E-state index contributed by atoms with van der Waals surface area (Å²) >= 11 is 9.23. The number of halogens is 1. The van der Waals surface area contributed by atoms with Crippen LogP contribution in [0, 0.1) is 0 Å². The smallest absolute Gasteiger partial charge is 0.352 e. The largest absolute Gasteiger partial charge is 0.477 e. The lowest BCUT2D eigenvalue weighted by molar-refractivity contribution is -0.150. The Kier molecular flexibility index (Phi) is 6.86. The molecule has 0 saturated carbocycles. The molecule has 19 heteroatoms. The zero-order valence-corrected chi connectivity index (χ0v) is 21.9. The number of carbonyl (C=O) groups is 3. The molecule has 2 amide bonds. The molecule has 0 aromatic carbocycles. The molecule has 1 fully saturated rings. The maximum absolute atomic E-state index is 12.9. The van der Waals surface area contributed by atoms with Crippen LogP contribution in [-0.2, 0) is 14.4 Å². The molecule has 2 atom stereocenters. The number of aromatic nitrogens is 5. The summed E-state index contributed by atoms with van der Waals surface area (Å²) in [4.78, 5) is 51.1. The number of nitrogens with zero attached hydrogens (tertiary/aromatic N) is 6. The fourth-order valence-corrected chi connectivity index (χ4v) is 6.61. The van der Waals surface area contributed by atoms with Crippen molar-refractivity contribution in [2.75, 3.05) is 17.2 Å². The van der Waals surface area contributed by atoms with E-state index >= 15 is 0 Å². The van der Waals surface area contributed by atoms with Crippen LogP contribution in [0.5, 0.6) is 0 Å². The summed E-state index contributed by atoms with van der Waals surface area (Å²) in [7, 11) is 0. The minimum Gasteiger partial charge on any atom is -0.477 e. The Hall–Kier alpha value is -3.87. The maximum atomic E-state index is 12.9. The monoisotopic (exact) mass is 594 g/mol. The van der Waals surface area contributed by atoms with Crippen LogP contribution in [0.15, 0.2) is 39.3 Å². The summed E-state index contributed by atoms with van der Waals surface area (Å²) in [6, 6.07) is -1.06. The van der Waals surface area contributed by atoms with Crippen LogP contribution in [0.1, 0.15) is 5.69 Å². The lowest BCUT2D eigenvalue weighted by atomic mass is 10.0. The van der Waals surface area contributed by atoms with Crippen molar-refractivity contribution in [1.29, 1.82) is 0 Å². The summed E-state index contributed by atoms with van der Waals surface area (Å²) in [5, 5.41) is 33.0. The Bertz CT molecular complexity index is 1580. The van der Waals surface area contributed by atoms with Gasteiger partial charge in [-0.2, -0.15) is 5.10 Å². The predicted octanol–water partition coefficient (Wildman–Crippen LogP) is 0.850. The van der Waals surface area contributed by atoms with Crippen molar-refractivity contribution in [3.63, 3.8) is 0 Å². The van der Waals surface area contributed by atoms with Crippen molar-refractivity contribution >= 4 is 91.9 Å². The number of fused-ring (bicyclic) bond motifs is 2. The molecule has 196 valence electrons. The normalized spacial score (nSPS) is 19.7. The number of nitrogens with two attached hydrogens (primary N) is 2. The second kappa shape index (κ2) is 10.1. The number of thioether (sulfide) groups is 2. The molecule has 3 aromatic rings. The molecule has 38 heavy (non-hydrogen) atoms. The van der Waals surface area contributed by atoms with Gasteiger partial charge in [0, 0.05) is 5.75 Å². The first-order valence-electron chi connectivity index (χ1n) is 10.4. The second-order valence-electron chi connectivity index (χ2n) is 7.61. The number of nitrogens with one attached hydrogen (secondary N) is 2. The lowest BCUT2D eigenvalue weighted by Gasteiger charge is -2.49. The van der Waals surface area contributed by atoms with E-state index < -0.39 is 34.9 Å². The Balaban J connectivity index is 1.31. The third-order valence-electron chi connectivity index (χ3n) is 5.39. The molecule has 2 aliphatic heterocycles. The number of carbonyl (C=O) groups excluding carboxylic acids is 2. The summed E-state index contributed by atoms with van der Waals surface area (Å²) in [5.74, 6) is -2.39. The van der Waals surface area contributed by atoms with Crippen molar-refractivity contribution in [2.24, 2.45) is 5.16 Å². The van der Waals surface area contributed by atoms with Gasteiger partial charge in [-0.15, -0.1) is 11.8 Å². The van der Waals surface area contributed by atoms with Crippen molar-refractivity contribution in [2.45, 2.75) is 16.6 Å². The number of carboxylic acids is 1. The number of H-pyrrole nitrogens is 1. The second-order valence-corrected chi connectivity index (χ2v) is 11.2. The Morgan fingerprint density at radius 3 is 2.82 bits per heavy atom. The van der Waals surface area contributed by atoms with Gasteiger partial charge in [0.15, 0.2) is 21.6 Å². The maximum Gasteiger partial charge on any atom is 0.352 e. The first-order valence-corrected chi connectivity index (χ1v) is 13.5. The molecule has 0 bridgehead atoms. The van der Waals surface area contributed by atoms with E-state index in [0.29, 0.717) is 21.8 Å². The van der Waals surface area contributed by atoms with Crippen molar-refractivity contribution in [1.82, 2.24) is 35.4 Å². The van der Waals surface area contributed by atoms with E-state index in [-0.39, 0.29) is 32.4 Å².